The summed E-state index contributed by atoms with van der Waals surface area (Å²) in [4.78, 5) is 30.4. The minimum Gasteiger partial charge on any atom is -0.375 e. The van der Waals surface area contributed by atoms with Crippen LogP contribution in [0.3, 0.4) is 0 Å². The Morgan fingerprint density at radius 1 is 1.25 bits per heavy atom. The molecule has 0 radical (unpaired) electrons. The van der Waals surface area contributed by atoms with Crippen LogP contribution in [0.5, 0.6) is 0 Å². The zero-order valence-corrected chi connectivity index (χ0v) is 16.6. The first-order valence-electron chi connectivity index (χ1n) is 9.48. The molecule has 1 aliphatic heterocycles. The average Bonchev–Trinajstić information content (AvgIpc) is 3.42. The fourth-order valence-electron chi connectivity index (χ4n) is 3.84. The molecule has 1 saturated carbocycles. The molecule has 148 valence electrons. The second-order valence-electron chi connectivity index (χ2n) is 7.28. The molecule has 2 aromatic rings. The number of amides is 2. The fourth-order valence-corrected chi connectivity index (χ4v) is 4.74. The average molecular weight is 402 g/mol. The molecule has 4 rings (SSSR count). The van der Waals surface area contributed by atoms with E-state index in [9.17, 15) is 14.0 Å². The van der Waals surface area contributed by atoms with Crippen molar-refractivity contribution in [3.8, 4) is 0 Å². The van der Waals surface area contributed by atoms with Gasteiger partial charge in [-0.25, -0.2) is 4.39 Å². The Morgan fingerprint density at radius 2 is 2.00 bits per heavy atom. The van der Waals surface area contributed by atoms with Crippen LogP contribution in [0, 0.1) is 5.82 Å². The van der Waals surface area contributed by atoms with Gasteiger partial charge >= 0.3 is 0 Å². The van der Waals surface area contributed by atoms with E-state index in [1.807, 2.05) is 16.3 Å². The van der Waals surface area contributed by atoms with Crippen molar-refractivity contribution in [1.82, 2.24) is 9.80 Å². The number of rotatable bonds is 6. The molecule has 2 heterocycles. The zero-order valence-electron chi connectivity index (χ0n) is 15.8. The molecule has 7 heteroatoms. The van der Waals surface area contributed by atoms with Crippen molar-refractivity contribution in [2.45, 2.75) is 31.3 Å². The Labute approximate surface area is 167 Å². The standard InChI is InChI=1S/C21H23FN2O3S/c1-27-13-20(26)24(16-6-7-16)12-19(25)23-10-8-18-17(9-11-28-18)21(23)14-2-4-15(22)5-3-14/h2-5,9,11,16,21H,6-8,10,12-13H2,1H3/t21-/m0/s1. The first-order valence-corrected chi connectivity index (χ1v) is 10.4. The maximum Gasteiger partial charge on any atom is 0.249 e. The van der Waals surface area contributed by atoms with E-state index in [0.29, 0.717) is 6.54 Å². The van der Waals surface area contributed by atoms with Gasteiger partial charge < -0.3 is 14.5 Å². The van der Waals surface area contributed by atoms with Gasteiger partial charge in [0, 0.05) is 24.6 Å². The minimum absolute atomic E-state index is 0.0140. The zero-order chi connectivity index (χ0) is 19.7. The van der Waals surface area contributed by atoms with Crippen molar-refractivity contribution >= 4 is 23.2 Å². The van der Waals surface area contributed by atoms with Crippen LogP contribution in [0.1, 0.15) is 34.9 Å². The quantitative estimate of drug-likeness (QED) is 0.746. The molecule has 1 fully saturated rings. The molecule has 0 N–H and O–H groups in total. The van der Waals surface area contributed by atoms with Crippen LogP contribution in [0.2, 0.25) is 0 Å². The lowest BCUT2D eigenvalue weighted by Crippen LogP contribution is -2.48. The molecule has 1 aliphatic carbocycles. The smallest absolute Gasteiger partial charge is 0.249 e. The van der Waals surface area contributed by atoms with E-state index in [0.717, 1.165) is 30.4 Å². The Kier molecular flexibility index (Phi) is 5.46. The number of hydrogen-bond donors (Lipinski definition) is 0. The van der Waals surface area contributed by atoms with E-state index in [-0.39, 0.29) is 42.9 Å². The van der Waals surface area contributed by atoms with Crippen LogP contribution < -0.4 is 0 Å². The molecule has 1 aromatic heterocycles. The predicted octanol–water partition coefficient (Wildman–Crippen LogP) is 3.00. The highest BCUT2D eigenvalue weighted by Crippen LogP contribution is 2.38. The summed E-state index contributed by atoms with van der Waals surface area (Å²) in [6.45, 7) is 0.634. The molecule has 2 aliphatic rings. The van der Waals surface area contributed by atoms with E-state index >= 15 is 0 Å². The molecule has 1 atom stereocenters. The van der Waals surface area contributed by atoms with Crippen molar-refractivity contribution in [3.63, 3.8) is 0 Å². The summed E-state index contributed by atoms with van der Waals surface area (Å²) in [5, 5.41) is 2.04. The molecular weight excluding hydrogens is 379 g/mol. The Hall–Kier alpha value is -2.25. The Bertz CT molecular complexity index is 863. The lowest BCUT2D eigenvalue weighted by Gasteiger charge is -2.37. The van der Waals surface area contributed by atoms with Gasteiger partial charge in [-0.1, -0.05) is 12.1 Å². The van der Waals surface area contributed by atoms with Gasteiger partial charge in [-0.15, -0.1) is 11.3 Å². The fraction of sp³-hybridized carbons (Fsp3) is 0.429. The topological polar surface area (TPSA) is 49.9 Å². The SMILES string of the molecule is COCC(=O)N(CC(=O)N1CCc2sccc2[C@@H]1c1ccc(F)cc1)C1CC1. The van der Waals surface area contributed by atoms with Gasteiger partial charge in [0.1, 0.15) is 19.0 Å². The number of fused-ring (bicyclic) bond motifs is 1. The summed E-state index contributed by atoms with van der Waals surface area (Å²) in [5.74, 6) is -0.527. The molecule has 0 bridgehead atoms. The normalized spacial score (nSPS) is 18.6. The first kappa shape index (κ1) is 19.1. The third-order valence-corrected chi connectivity index (χ3v) is 6.35. The maximum absolute atomic E-state index is 13.4. The van der Waals surface area contributed by atoms with Crippen LogP contribution in [0.15, 0.2) is 35.7 Å². The highest BCUT2D eigenvalue weighted by atomic mass is 32.1. The second kappa shape index (κ2) is 8.01. The summed E-state index contributed by atoms with van der Waals surface area (Å²) in [6, 6.07) is 8.26. The molecular formula is C21H23FN2O3S. The highest BCUT2D eigenvalue weighted by molar-refractivity contribution is 7.10. The van der Waals surface area contributed by atoms with E-state index in [4.69, 9.17) is 4.74 Å². The highest BCUT2D eigenvalue weighted by Gasteiger charge is 2.38. The van der Waals surface area contributed by atoms with Crippen molar-refractivity contribution in [3.05, 3.63) is 57.5 Å². The summed E-state index contributed by atoms with van der Waals surface area (Å²) in [5.41, 5.74) is 1.98. The van der Waals surface area contributed by atoms with Crippen LogP contribution in [-0.2, 0) is 20.7 Å². The van der Waals surface area contributed by atoms with Crippen LogP contribution in [-0.4, -0.2) is 54.5 Å². The lowest BCUT2D eigenvalue weighted by atomic mass is 9.93. The van der Waals surface area contributed by atoms with Gasteiger partial charge in [0.05, 0.1) is 6.04 Å². The monoisotopic (exact) mass is 402 g/mol. The van der Waals surface area contributed by atoms with Crippen LogP contribution in [0.25, 0.3) is 0 Å². The van der Waals surface area contributed by atoms with Gasteiger partial charge in [0.15, 0.2) is 0 Å². The van der Waals surface area contributed by atoms with E-state index < -0.39 is 0 Å². The number of benzene rings is 1. The molecule has 0 unspecified atom stereocenters. The number of carbonyl (C=O) groups is 2. The van der Waals surface area contributed by atoms with Gasteiger partial charge in [-0.2, -0.15) is 0 Å². The number of nitrogens with zero attached hydrogens (tertiary/aromatic N) is 2. The first-order chi connectivity index (χ1) is 13.6. The number of ether oxygens (including phenoxy) is 1. The minimum atomic E-state index is -0.298. The van der Waals surface area contributed by atoms with E-state index in [1.165, 1.54) is 24.1 Å². The van der Waals surface area contributed by atoms with Crippen molar-refractivity contribution in [2.75, 3.05) is 26.8 Å². The molecule has 28 heavy (non-hydrogen) atoms. The van der Waals surface area contributed by atoms with Gasteiger partial charge in [-0.3, -0.25) is 9.59 Å². The van der Waals surface area contributed by atoms with E-state index in [2.05, 4.69) is 0 Å². The molecule has 5 nitrogen and oxygen atoms in total. The lowest BCUT2D eigenvalue weighted by molar-refractivity contribution is -0.144. The van der Waals surface area contributed by atoms with Crippen molar-refractivity contribution in [1.29, 1.82) is 0 Å². The Morgan fingerprint density at radius 3 is 2.68 bits per heavy atom. The van der Waals surface area contributed by atoms with Gasteiger partial charge in [0.2, 0.25) is 11.8 Å². The molecule has 1 aromatic carbocycles. The summed E-state index contributed by atoms with van der Waals surface area (Å²) in [7, 11) is 1.48. The largest absolute Gasteiger partial charge is 0.375 e. The number of thiophene rings is 1. The number of methoxy groups -OCH3 is 1. The maximum atomic E-state index is 13.4. The number of hydrogen-bond acceptors (Lipinski definition) is 4. The number of carbonyl (C=O) groups excluding carboxylic acids is 2. The van der Waals surface area contributed by atoms with Crippen molar-refractivity contribution in [2.24, 2.45) is 0 Å². The molecule has 0 saturated heterocycles. The van der Waals surface area contributed by atoms with Gasteiger partial charge in [0.25, 0.3) is 0 Å². The number of halogens is 1. The third kappa shape index (κ3) is 3.82. The van der Waals surface area contributed by atoms with E-state index in [1.54, 1.807) is 28.4 Å². The molecule has 0 spiro atoms. The third-order valence-electron chi connectivity index (χ3n) is 5.35. The second-order valence-corrected chi connectivity index (χ2v) is 8.28. The van der Waals surface area contributed by atoms with Crippen LogP contribution in [0.4, 0.5) is 4.39 Å². The predicted molar refractivity (Wildman–Crippen MR) is 105 cm³/mol. The summed E-state index contributed by atoms with van der Waals surface area (Å²) >= 11 is 1.69. The summed E-state index contributed by atoms with van der Waals surface area (Å²) < 4.78 is 18.4. The molecule has 2 amide bonds. The van der Waals surface area contributed by atoms with Crippen molar-refractivity contribution < 1.29 is 18.7 Å². The van der Waals surface area contributed by atoms with Gasteiger partial charge in [-0.05, 0) is 54.0 Å². The van der Waals surface area contributed by atoms with Crippen LogP contribution >= 0.6 is 11.3 Å². The summed E-state index contributed by atoms with van der Waals surface area (Å²) in [6.07, 6.45) is 2.66. The Balaban J connectivity index is 1.60.